The van der Waals surface area contributed by atoms with Gasteiger partial charge in [-0.1, -0.05) is 17.3 Å². The Hall–Kier alpha value is -2.59. The maximum Gasteiger partial charge on any atom is 0.317 e. The van der Waals surface area contributed by atoms with Crippen LogP contribution >= 0.6 is 11.3 Å². The van der Waals surface area contributed by atoms with Crippen LogP contribution < -0.4 is 4.80 Å². The van der Waals surface area contributed by atoms with E-state index >= 15 is 0 Å². The zero-order valence-electron chi connectivity index (χ0n) is 11.4. The van der Waals surface area contributed by atoms with E-state index < -0.39 is 5.91 Å². The van der Waals surface area contributed by atoms with Gasteiger partial charge >= 0.3 is 5.91 Å². The van der Waals surface area contributed by atoms with Crippen LogP contribution in [0.5, 0.6) is 0 Å². The number of rotatable bonds is 2. The van der Waals surface area contributed by atoms with Gasteiger partial charge in [-0.3, -0.25) is 4.79 Å². The normalized spacial score (nSPS) is 14.9. The number of terminal acetylenes is 1. The van der Waals surface area contributed by atoms with Crippen molar-refractivity contribution >= 4 is 27.5 Å². The standard InChI is InChI=1S/C15H11FN2O3S/c1-2-5-18-11-4-3-10(16)8-13(11)22-15(18)17-14(19)12-9-20-6-7-21-12/h1,3-4,8-9H,5-7H2. The highest BCUT2D eigenvalue weighted by atomic mass is 32.1. The number of nitrogens with zero attached hydrogens (tertiary/aromatic N) is 2. The van der Waals surface area contributed by atoms with Crippen molar-refractivity contribution in [3.05, 3.63) is 40.8 Å². The Bertz CT molecular complexity index is 873. The molecule has 7 heteroatoms. The number of ether oxygens (including phenoxy) is 2. The Morgan fingerprint density at radius 3 is 3.09 bits per heavy atom. The van der Waals surface area contributed by atoms with Gasteiger partial charge in [0.25, 0.3) is 0 Å². The van der Waals surface area contributed by atoms with E-state index in [-0.39, 0.29) is 18.1 Å². The minimum absolute atomic E-state index is 0.0437. The summed E-state index contributed by atoms with van der Waals surface area (Å²) >= 11 is 1.19. The number of carbonyl (C=O) groups excluding carboxylic acids is 1. The monoisotopic (exact) mass is 318 g/mol. The molecule has 2 aromatic rings. The summed E-state index contributed by atoms with van der Waals surface area (Å²) in [6, 6.07) is 4.34. The second-order valence-corrected chi connectivity index (χ2v) is 5.41. The molecule has 0 unspecified atom stereocenters. The fraction of sp³-hybridized carbons (Fsp3) is 0.200. The fourth-order valence-corrected chi connectivity index (χ4v) is 3.05. The predicted octanol–water partition coefficient (Wildman–Crippen LogP) is 1.79. The molecule has 0 N–H and O–H groups in total. The zero-order valence-corrected chi connectivity index (χ0v) is 12.2. The van der Waals surface area contributed by atoms with E-state index in [1.54, 1.807) is 10.6 Å². The number of fused-ring (bicyclic) bond motifs is 1. The van der Waals surface area contributed by atoms with Gasteiger partial charge in [0.15, 0.2) is 4.80 Å². The molecular weight excluding hydrogens is 307 g/mol. The number of halogens is 1. The quantitative estimate of drug-likeness (QED) is 0.793. The van der Waals surface area contributed by atoms with Crippen molar-refractivity contribution in [3.8, 4) is 12.3 Å². The molecule has 1 aromatic heterocycles. The van der Waals surface area contributed by atoms with Crippen LogP contribution in [0.4, 0.5) is 4.39 Å². The van der Waals surface area contributed by atoms with E-state index in [1.165, 1.54) is 29.7 Å². The van der Waals surface area contributed by atoms with Gasteiger partial charge in [0.1, 0.15) is 25.3 Å². The number of aromatic nitrogens is 1. The van der Waals surface area contributed by atoms with Gasteiger partial charge < -0.3 is 14.0 Å². The molecule has 3 rings (SSSR count). The first-order valence-corrected chi connectivity index (χ1v) is 7.26. The molecule has 0 saturated heterocycles. The summed E-state index contributed by atoms with van der Waals surface area (Å²) in [6.07, 6.45) is 6.60. The molecular formula is C15H11FN2O3S. The summed E-state index contributed by atoms with van der Waals surface area (Å²) in [5.41, 5.74) is 0.727. The molecule has 1 aliphatic heterocycles. The highest BCUT2D eigenvalue weighted by molar-refractivity contribution is 7.16. The summed E-state index contributed by atoms with van der Waals surface area (Å²) in [7, 11) is 0. The first kappa shape index (κ1) is 14.4. The molecule has 1 aliphatic rings. The molecule has 2 heterocycles. The number of amides is 1. The van der Waals surface area contributed by atoms with E-state index in [2.05, 4.69) is 10.9 Å². The second kappa shape index (κ2) is 6.03. The van der Waals surface area contributed by atoms with Gasteiger partial charge in [-0.05, 0) is 18.2 Å². The minimum Gasteiger partial charge on any atom is -0.494 e. The number of carbonyl (C=O) groups is 1. The van der Waals surface area contributed by atoms with E-state index in [1.807, 2.05) is 0 Å². The molecule has 0 saturated carbocycles. The molecule has 1 aromatic carbocycles. The fourth-order valence-electron chi connectivity index (χ4n) is 2.00. The first-order valence-electron chi connectivity index (χ1n) is 6.45. The smallest absolute Gasteiger partial charge is 0.317 e. The summed E-state index contributed by atoms with van der Waals surface area (Å²) in [6.45, 7) is 0.930. The van der Waals surface area contributed by atoms with Gasteiger partial charge in [-0.25, -0.2) is 4.39 Å². The van der Waals surface area contributed by atoms with Crippen molar-refractivity contribution in [3.63, 3.8) is 0 Å². The molecule has 1 amide bonds. The lowest BCUT2D eigenvalue weighted by molar-refractivity contribution is -0.119. The van der Waals surface area contributed by atoms with Crippen LogP contribution in [0.15, 0.2) is 35.2 Å². The zero-order chi connectivity index (χ0) is 15.5. The van der Waals surface area contributed by atoms with Crippen molar-refractivity contribution in [2.24, 2.45) is 4.99 Å². The molecule has 0 fully saturated rings. The Balaban J connectivity index is 2.11. The predicted molar refractivity (Wildman–Crippen MR) is 79.2 cm³/mol. The molecule has 5 nitrogen and oxygen atoms in total. The van der Waals surface area contributed by atoms with Gasteiger partial charge in [0, 0.05) is 0 Å². The molecule has 22 heavy (non-hydrogen) atoms. The van der Waals surface area contributed by atoms with Crippen molar-refractivity contribution in [1.29, 1.82) is 0 Å². The Morgan fingerprint density at radius 2 is 2.36 bits per heavy atom. The lowest BCUT2D eigenvalue weighted by atomic mass is 10.3. The van der Waals surface area contributed by atoms with Crippen LogP contribution in [-0.4, -0.2) is 23.7 Å². The summed E-state index contributed by atoms with van der Waals surface area (Å²) < 4.78 is 25.9. The summed E-state index contributed by atoms with van der Waals surface area (Å²) in [4.78, 5) is 16.5. The maximum absolute atomic E-state index is 13.3. The Morgan fingerprint density at radius 1 is 1.50 bits per heavy atom. The first-order chi connectivity index (χ1) is 10.7. The number of hydrogen-bond acceptors (Lipinski definition) is 4. The van der Waals surface area contributed by atoms with Gasteiger partial charge in [-0.15, -0.1) is 6.42 Å². The van der Waals surface area contributed by atoms with Gasteiger partial charge in [-0.2, -0.15) is 4.99 Å². The number of thiazole rings is 1. The third kappa shape index (κ3) is 2.73. The Labute approximate surface area is 129 Å². The van der Waals surface area contributed by atoms with Crippen LogP contribution in [0.3, 0.4) is 0 Å². The lowest BCUT2D eigenvalue weighted by Crippen LogP contribution is -2.19. The van der Waals surface area contributed by atoms with Crippen LogP contribution in [0, 0.1) is 18.2 Å². The molecule has 112 valence electrons. The highest BCUT2D eigenvalue weighted by Crippen LogP contribution is 2.18. The average molecular weight is 318 g/mol. The summed E-state index contributed by atoms with van der Waals surface area (Å²) in [5.74, 6) is 1.63. The topological polar surface area (TPSA) is 52.8 Å². The lowest BCUT2D eigenvalue weighted by Gasteiger charge is -2.12. The van der Waals surface area contributed by atoms with Gasteiger partial charge in [0.05, 0.1) is 16.8 Å². The Kier molecular flexibility index (Phi) is 3.94. The van der Waals surface area contributed by atoms with Gasteiger partial charge in [0.2, 0.25) is 5.76 Å². The number of hydrogen-bond donors (Lipinski definition) is 0. The SMILES string of the molecule is C#CCn1c(=NC(=O)C2=COCCO2)sc2cc(F)ccc21. The largest absolute Gasteiger partial charge is 0.494 e. The minimum atomic E-state index is -0.558. The van der Waals surface area contributed by atoms with E-state index in [4.69, 9.17) is 15.9 Å². The van der Waals surface area contributed by atoms with Crippen molar-refractivity contribution in [1.82, 2.24) is 4.57 Å². The maximum atomic E-state index is 13.3. The van der Waals surface area contributed by atoms with Crippen molar-refractivity contribution < 1.29 is 18.7 Å². The molecule has 0 radical (unpaired) electrons. The highest BCUT2D eigenvalue weighted by Gasteiger charge is 2.15. The van der Waals surface area contributed by atoms with Crippen LogP contribution in [0.1, 0.15) is 0 Å². The molecule has 0 atom stereocenters. The number of benzene rings is 1. The second-order valence-electron chi connectivity index (χ2n) is 4.41. The molecule has 0 aliphatic carbocycles. The average Bonchev–Trinajstić information content (AvgIpc) is 2.85. The van der Waals surface area contributed by atoms with E-state index in [9.17, 15) is 9.18 Å². The van der Waals surface area contributed by atoms with E-state index in [0.29, 0.717) is 22.7 Å². The van der Waals surface area contributed by atoms with Crippen molar-refractivity contribution in [2.75, 3.05) is 13.2 Å². The summed E-state index contributed by atoms with van der Waals surface area (Å²) in [5, 5.41) is 0. The third-order valence-corrected chi connectivity index (χ3v) is 3.99. The van der Waals surface area contributed by atoms with Crippen LogP contribution in [0.25, 0.3) is 10.2 Å². The van der Waals surface area contributed by atoms with Crippen LogP contribution in [-0.2, 0) is 20.8 Å². The van der Waals surface area contributed by atoms with Crippen LogP contribution in [0.2, 0.25) is 0 Å². The third-order valence-electron chi connectivity index (χ3n) is 2.95. The molecule has 0 spiro atoms. The van der Waals surface area contributed by atoms with E-state index in [0.717, 1.165) is 5.52 Å². The molecule has 0 bridgehead atoms. The van der Waals surface area contributed by atoms with Crippen molar-refractivity contribution in [2.45, 2.75) is 6.54 Å².